The summed E-state index contributed by atoms with van der Waals surface area (Å²) < 4.78 is 6.16. The maximum Gasteiger partial charge on any atom is 0.240 e. The van der Waals surface area contributed by atoms with E-state index in [2.05, 4.69) is 36.3 Å². The van der Waals surface area contributed by atoms with Gasteiger partial charge < -0.3 is 15.0 Å². The second-order valence-electron chi connectivity index (χ2n) is 7.09. The van der Waals surface area contributed by atoms with Crippen molar-refractivity contribution >= 4 is 34.1 Å². The number of anilines is 1. The Morgan fingerprint density at radius 3 is 2.58 bits per heavy atom. The van der Waals surface area contributed by atoms with E-state index in [1.165, 1.54) is 23.1 Å². The molecule has 26 heavy (non-hydrogen) atoms. The summed E-state index contributed by atoms with van der Waals surface area (Å²) in [7, 11) is 0. The average molecular weight is 393 g/mol. The fourth-order valence-corrected chi connectivity index (χ4v) is 4.80. The number of rotatable bonds is 5. The number of hydrogen-bond donors (Lipinski definition) is 1. The average Bonchev–Trinajstić information content (AvgIpc) is 3.06. The highest BCUT2D eigenvalue weighted by molar-refractivity contribution is 8.01. The summed E-state index contributed by atoms with van der Waals surface area (Å²) in [5.41, 5.74) is 0.902. The van der Waals surface area contributed by atoms with Crippen molar-refractivity contribution in [1.29, 1.82) is 0 Å². The molecule has 1 aliphatic heterocycles. The first-order valence-electron chi connectivity index (χ1n) is 8.62. The van der Waals surface area contributed by atoms with Crippen LogP contribution in [0.25, 0.3) is 0 Å². The molecule has 140 valence electrons. The van der Waals surface area contributed by atoms with Crippen LogP contribution in [0.4, 0.5) is 5.13 Å². The zero-order chi connectivity index (χ0) is 18.6. The molecule has 1 saturated heterocycles. The van der Waals surface area contributed by atoms with Gasteiger partial charge in [-0.2, -0.15) is 0 Å². The van der Waals surface area contributed by atoms with E-state index < -0.39 is 0 Å². The lowest BCUT2D eigenvalue weighted by atomic mass is 10.1. The van der Waals surface area contributed by atoms with Gasteiger partial charge in [-0.25, -0.2) is 0 Å². The predicted octanol–water partition coefficient (Wildman–Crippen LogP) is 3.44. The minimum absolute atomic E-state index is 0.0794. The molecule has 1 aromatic carbocycles. The molecule has 0 radical (unpaired) electrons. The number of morpholine rings is 1. The number of thioether (sulfide) groups is 1. The molecule has 2 heterocycles. The number of carbonyl (C=O) groups is 1. The number of carbonyl (C=O) groups excluding carboxylic acids is 1. The quantitative estimate of drug-likeness (QED) is 0.786. The van der Waals surface area contributed by atoms with Gasteiger partial charge in [-0.05, 0) is 26.3 Å². The van der Waals surface area contributed by atoms with Crippen LogP contribution in [-0.4, -0.2) is 52.8 Å². The van der Waals surface area contributed by atoms with Gasteiger partial charge in [-0.15, -0.1) is 10.2 Å². The summed E-state index contributed by atoms with van der Waals surface area (Å²) in [6, 6.07) is 9.86. The molecule has 8 heteroatoms. The van der Waals surface area contributed by atoms with Gasteiger partial charge in [0.05, 0.1) is 13.2 Å². The summed E-state index contributed by atoms with van der Waals surface area (Å²) >= 11 is 2.94. The monoisotopic (exact) mass is 392 g/mol. The van der Waals surface area contributed by atoms with E-state index in [9.17, 15) is 4.79 Å². The van der Waals surface area contributed by atoms with Crippen LogP contribution < -0.4 is 5.32 Å². The standard InChI is InChI=1S/C18H24N4O2S2/c1-18(2,3)19-16-20-21-17(26-16)25-14(13-7-5-4-6-8-13)15(23)22-9-11-24-12-10-22/h4-8,14H,9-12H2,1-3H3,(H,19,20). The molecule has 1 unspecified atom stereocenters. The highest BCUT2D eigenvalue weighted by Crippen LogP contribution is 2.39. The van der Waals surface area contributed by atoms with Crippen LogP contribution in [0.3, 0.4) is 0 Å². The number of ether oxygens (including phenoxy) is 1. The van der Waals surface area contributed by atoms with Gasteiger partial charge in [0.25, 0.3) is 0 Å². The molecule has 1 atom stereocenters. The summed E-state index contributed by atoms with van der Waals surface area (Å²) in [6.45, 7) is 8.69. The Balaban J connectivity index is 1.79. The molecule has 6 nitrogen and oxygen atoms in total. The van der Waals surface area contributed by atoms with E-state index in [1.807, 2.05) is 35.2 Å². The fourth-order valence-electron chi connectivity index (χ4n) is 2.57. The molecule has 2 aromatic rings. The lowest BCUT2D eigenvalue weighted by Gasteiger charge is -2.30. The minimum atomic E-state index is -0.329. The molecular weight excluding hydrogens is 368 g/mol. The third-order valence-electron chi connectivity index (χ3n) is 3.76. The minimum Gasteiger partial charge on any atom is -0.378 e. The van der Waals surface area contributed by atoms with Crippen molar-refractivity contribution in [3.05, 3.63) is 35.9 Å². The molecule has 0 saturated carbocycles. The smallest absolute Gasteiger partial charge is 0.240 e. The van der Waals surface area contributed by atoms with Crippen molar-refractivity contribution < 1.29 is 9.53 Å². The number of nitrogens with zero attached hydrogens (tertiary/aromatic N) is 3. The number of nitrogens with one attached hydrogen (secondary N) is 1. The zero-order valence-corrected chi connectivity index (χ0v) is 16.9. The Labute approximate surface area is 162 Å². The number of benzene rings is 1. The Morgan fingerprint density at radius 2 is 1.92 bits per heavy atom. The van der Waals surface area contributed by atoms with Crippen LogP contribution in [-0.2, 0) is 9.53 Å². The fraction of sp³-hybridized carbons (Fsp3) is 0.500. The van der Waals surface area contributed by atoms with Gasteiger partial charge >= 0.3 is 0 Å². The molecule has 1 aliphatic rings. The molecular formula is C18H24N4O2S2. The van der Waals surface area contributed by atoms with E-state index in [4.69, 9.17) is 4.74 Å². The van der Waals surface area contributed by atoms with Crippen molar-refractivity contribution in [3.8, 4) is 0 Å². The van der Waals surface area contributed by atoms with Gasteiger partial charge in [-0.1, -0.05) is 53.4 Å². The lowest BCUT2D eigenvalue weighted by molar-refractivity contribution is -0.134. The normalized spacial score (nSPS) is 16.3. The van der Waals surface area contributed by atoms with Crippen molar-refractivity contribution in [1.82, 2.24) is 15.1 Å². The van der Waals surface area contributed by atoms with Crippen molar-refractivity contribution in [2.75, 3.05) is 31.6 Å². The van der Waals surface area contributed by atoms with Gasteiger partial charge in [0, 0.05) is 18.6 Å². The van der Waals surface area contributed by atoms with E-state index in [0.717, 1.165) is 15.0 Å². The third-order valence-corrected chi connectivity index (χ3v) is 5.92. The third kappa shape index (κ3) is 5.18. The first-order chi connectivity index (χ1) is 12.4. The molecule has 3 rings (SSSR count). The van der Waals surface area contributed by atoms with Crippen molar-refractivity contribution in [3.63, 3.8) is 0 Å². The zero-order valence-electron chi connectivity index (χ0n) is 15.3. The van der Waals surface area contributed by atoms with Crippen molar-refractivity contribution in [2.45, 2.75) is 35.9 Å². The van der Waals surface area contributed by atoms with Crippen LogP contribution in [0.2, 0.25) is 0 Å². The van der Waals surface area contributed by atoms with E-state index >= 15 is 0 Å². The second-order valence-corrected chi connectivity index (χ2v) is 9.42. The second kappa shape index (κ2) is 8.37. The Morgan fingerprint density at radius 1 is 1.23 bits per heavy atom. The van der Waals surface area contributed by atoms with Gasteiger partial charge in [0.2, 0.25) is 11.0 Å². The lowest BCUT2D eigenvalue weighted by Crippen LogP contribution is -2.42. The molecule has 1 N–H and O–H groups in total. The molecule has 0 spiro atoms. The van der Waals surface area contributed by atoms with Crippen LogP contribution in [0.5, 0.6) is 0 Å². The van der Waals surface area contributed by atoms with Crippen LogP contribution >= 0.6 is 23.1 Å². The van der Waals surface area contributed by atoms with E-state index in [0.29, 0.717) is 26.3 Å². The number of amides is 1. The maximum atomic E-state index is 13.1. The summed E-state index contributed by atoms with van der Waals surface area (Å²) in [5, 5.41) is 12.2. The van der Waals surface area contributed by atoms with Crippen LogP contribution in [0.15, 0.2) is 34.7 Å². The molecule has 0 bridgehead atoms. The largest absolute Gasteiger partial charge is 0.378 e. The molecule has 1 fully saturated rings. The molecule has 1 aromatic heterocycles. The van der Waals surface area contributed by atoms with Gasteiger partial charge in [0.1, 0.15) is 5.25 Å². The topological polar surface area (TPSA) is 67.4 Å². The van der Waals surface area contributed by atoms with E-state index in [-0.39, 0.29) is 16.7 Å². The summed E-state index contributed by atoms with van der Waals surface area (Å²) in [5.74, 6) is 0.102. The van der Waals surface area contributed by atoms with E-state index in [1.54, 1.807) is 0 Å². The predicted molar refractivity (Wildman–Crippen MR) is 106 cm³/mol. The van der Waals surface area contributed by atoms with Gasteiger partial charge in [0.15, 0.2) is 4.34 Å². The highest BCUT2D eigenvalue weighted by Gasteiger charge is 2.29. The van der Waals surface area contributed by atoms with Crippen molar-refractivity contribution in [2.24, 2.45) is 0 Å². The summed E-state index contributed by atoms with van der Waals surface area (Å²) in [6.07, 6.45) is 0. The number of hydrogen-bond acceptors (Lipinski definition) is 7. The Bertz CT molecular complexity index is 724. The highest BCUT2D eigenvalue weighted by atomic mass is 32.2. The SMILES string of the molecule is CC(C)(C)Nc1nnc(SC(C(=O)N2CCOCC2)c2ccccc2)s1. The Hall–Kier alpha value is -1.64. The molecule has 1 amide bonds. The first kappa shape index (κ1) is 19.1. The van der Waals surface area contributed by atoms with Gasteiger partial charge in [-0.3, -0.25) is 4.79 Å². The molecule has 0 aliphatic carbocycles. The Kier molecular flexibility index (Phi) is 6.16. The van der Waals surface area contributed by atoms with Crippen LogP contribution in [0.1, 0.15) is 31.6 Å². The van der Waals surface area contributed by atoms with Crippen LogP contribution in [0, 0.1) is 0 Å². The summed E-state index contributed by atoms with van der Waals surface area (Å²) in [4.78, 5) is 15.0. The first-order valence-corrected chi connectivity index (χ1v) is 10.3. The number of aromatic nitrogens is 2. The maximum absolute atomic E-state index is 13.1.